The van der Waals surface area contributed by atoms with Crippen molar-refractivity contribution in [3.05, 3.63) is 52.2 Å². The zero-order chi connectivity index (χ0) is 16.8. The predicted molar refractivity (Wildman–Crippen MR) is 116 cm³/mol. The van der Waals surface area contributed by atoms with Gasteiger partial charge in [0.05, 0.1) is 6.54 Å². The van der Waals surface area contributed by atoms with Crippen molar-refractivity contribution >= 4 is 41.3 Å². The van der Waals surface area contributed by atoms with Crippen LogP contribution < -0.4 is 10.1 Å². The molecule has 1 aromatic heterocycles. The minimum atomic E-state index is 0. The summed E-state index contributed by atoms with van der Waals surface area (Å²) in [4.78, 5) is 9.45. The largest absolute Gasteiger partial charge is 0.490 e. The molecule has 3 rings (SSSR count). The lowest BCUT2D eigenvalue weighted by Crippen LogP contribution is -2.47. The van der Waals surface area contributed by atoms with Gasteiger partial charge in [0.25, 0.3) is 0 Å². The quantitative estimate of drug-likeness (QED) is 0.411. The van der Waals surface area contributed by atoms with Crippen molar-refractivity contribution in [2.45, 2.75) is 32.4 Å². The Bertz CT molecular complexity index is 666. The van der Waals surface area contributed by atoms with Crippen molar-refractivity contribution in [2.24, 2.45) is 4.99 Å². The summed E-state index contributed by atoms with van der Waals surface area (Å²) in [7, 11) is 1.86. The molecule has 1 saturated heterocycles. The maximum Gasteiger partial charge on any atom is 0.193 e. The Hall–Kier alpha value is -1.28. The third-order valence-corrected chi connectivity index (χ3v) is 5.22. The van der Waals surface area contributed by atoms with Gasteiger partial charge in [0.1, 0.15) is 11.9 Å². The van der Waals surface area contributed by atoms with Crippen molar-refractivity contribution in [2.75, 3.05) is 20.1 Å². The van der Waals surface area contributed by atoms with Gasteiger partial charge in [0.2, 0.25) is 0 Å². The van der Waals surface area contributed by atoms with E-state index in [0.29, 0.717) is 6.10 Å². The molecule has 2 aromatic rings. The van der Waals surface area contributed by atoms with Gasteiger partial charge in [-0.3, -0.25) is 4.99 Å². The normalized spacial score (nSPS) is 15.6. The molecule has 4 nitrogen and oxygen atoms in total. The lowest BCUT2D eigenvalue weighted by atomic mass is 10.1. The van der Waals surface area contributed by atoms with Gasteiger partial charge in [0, 0.05) is 42.7 Å². The highest BCUT2D eigenvalue weighted by Gasteiger charge is 2.22. The predicted octanol–water partition coefficient (Wildman–Crippen LogP) is 4.29. The number of aliphatic imine (C=N–C) groups is 1. The summed E-state index contributed by atoms with van der Waals surface area (Å²) in [6, 6.07) is 14.4. The van der Waals surface area contributed by atoms with E-state index in [2.05, 4.69) is 34.3 Å². The number of hydrogen-bond acceptors (Lipinski definition) is 3. The van der Waals surface area contributed by atoms with Crippen LogP contribution in [0.3, 0.4) is 0 Å². The van der Waals surface area contributed by atoms with E-state index in [1.54, 1.807) is 0 Å². The minimum absolute atomic E-state index is 0. The average Bonchev–Trinajstić information content (AvgIpc) is 3.03. The first kappa shape index (κ1) is 20.0. The van der Waals surface area contributed by atoms with Crippen LogP contribution in [-0.4, -0.2) is 37.1 Å². The van der Waals surface area contributed by atoms with Crippen LogP contribution in [0, 0.1) is 6.92 Å². The maximum atomic E-state index is 6.06. The highest BCUT2D eigenvalue weighted by atomic mass is 127. The Morgan fingerprint density at radius 2 is 1.92 bits per heavy atom. The van der Waals surface area contributed by atoms with Gasteiger partial charge in [0.15, 0.2) is 5.96 Å². The van der Waals surface area contributed by atoms with Crippen molar-refractivity contribution in [1.82, 2.24) is 10.2 Å². The lowest BCUT2D eigenvalue weighted by molar-refractivity contribution is 0.129. The minimum Gasteiger partial charge on any atom is -0.490 e. The first-order valence-corrected chi connectivity index (χ1v) is 9.29. The standard InChI is InChI=1S/C19H25N3OS.HI/c1-15-8-9-18(24-15)14-21-19(20-2)22-12-10-17(11-13-22)23-16-6-4-3-5-7-16;/h3-9,17H,10-14H2,1-2H3,(H,20,21);1H. The molecule has 0 aliphatic carbocycles. The average molecular weight is 471 g/mol. The number of para-hydroxylation sites is 1. The molecule has 0 spiro atoms. The van der Waals surface area contributed by atoms with E-state index in [0.717, 1.165) is 44.2 Å². The third-order valence-electron chi connectivity index (χ3n) is 4.22. The number of nitrogens with zero attached hydrogens (tertiary/aromatic N) is 2. The van der Waals surface area contributed by atoms with Crippen molar-refractivity contribution in [1.29, 1.82) is 0 Å². The van der Waals surface area contributed by atoms with Gasteiger partial charge in [-0.25, -0.2) is 0 Å². The highest BCUT2D eigenvalue weighted by Crippen LogP contribution is 2.19. The summed E-state index contributed by atoms with van der Waals surface area (Å²) in [5.41, 5.74) is 0. The summed E-state index contributed by atoms with van der Waals surface area (Å²) >= 11 is 1.83. The second kappa shape index (κ2) is 10.0. The molecule has 0 radical (unpaired) electrons. The molecule has 1 N–H and O–H groups in total. The fraction of sp³-hybridized carbons (Fsp3) is 0.421. The van der Waals surface area contributed by atoms with Gasteiger partial charge in [-0.1, -0.05) is 18.2 Å². The fourth-order valence-corrected chi connectivity index (χ4v) is 3.79. The van der Waals surface area contributed by atoms with Crippen LogP contribution in [0.25, 0.3) is 0 Å². The number of likely N-dealkylation sites (tertiary alicyclic amines) is 1. The van der Waals surface area contributed by atoms with Crippen molar-refractivity contribution < 1.29 is 4.74 Å². The van der Waals surface area contributed by atoms with Crippen LogP contribution in [0.5, 0.6) is 5.75 Å². The molecule has 0 bridgehead atoms. The summed E-state index contributed by atoms with van der Waals surface area (Å²) in [6.07, 6.45) is 2.34. The summed E-state index contributed by atoms with van der Waals surface area (Å²) in [5, 5.41) is 3.48. The van der Waals surface area contributed by atoms with Crippen molar-refractivity contribution in [3.8, 4) is 5.75 Å². The smallest absolute Gasteiger partial charge is 0.193 e. The van der Waals surface area contributed by atoms with E-state index in [1.165, 1.54) is 9.75 Å². The molecule has 1 aliphatic heterocycles. The Kier molecular flexibility index (Phi) is 8.02. The molecule has 6 heteroatoms. The number of halogens is 1. The highest BCUT2D eigenvalue weighted by molar-refractivity contribution is 14.0. The van der Waals surface area contributed by atoms with Crippen LogP contribution in [-0.2, 0) is 6.54 Å². The van der Waals surface area contributed by atoms with Gasteiger partial charge < -0.3 is 15.0 Å². The number of benzene rings is 1. The molecular weight excluding hydrogens is 445 g/mol. The zero-order valence-electron chi connectivity index (χ0n) is 14.8. The summed E-state index contributed by atoms with van der Waals surface area (Å²) in [6.45, 7) is 4.92. The van der Waals surface area contributed by atoms with E-state index in [4.69, 9.17) is 4.74 Å². The van der Waals surface area contributed by atoms with E-state index < -0.39 is 0 Å². The van der Waals surface area contributed by atoms with E-state index in [1.807, 2.05) is 48.7 Å². The summed E-state index contributed by atoms with van der Waals surface area (Å²) < 4.78 is 6.06. The molecule has 2 heterocycles. The second-order valence-corrected chi connectivity index (χ2v) is 7.40. The number of hydrogen-bond donors (Lipinski definition) is 1. The summed E-state index contributed by atoms with van der Waals surface area (Å²) in [5.74, 6) is 1.95. The van der Waals surface area contributed by atoms with E-state index in [9.17, 15) is 0 Å². The molecule has 1 fully saturated rings. The molecule has 136 valence electrons. The molecule has 0 amide bonds. The number of piperidine rings is 1. The monoisotopic (exact) mass is 471 g/mol. The van der Waals surface area contributed by atoms with E-state index in [-0.39, 0.29) is 24.0 Å². The number of thiophene rings is 1. The second-order valence-electron chi connectivity index (χ2n) is 6.03. The topological polar surface area (TPSA) is 36.9 Å². The fourth-order valence-electron chi connectivity index (χ4n) is 2.96. The van der Waals surface area contributed by atoms with Gasteiger partial charge >= 0.3 is 0 Å². The number of nitrogens with one attached hydrogen (secondary N) is 1. The maximum absolute atomic E-state index is 6.06. The van der Waals surface area contributed by atoms with Crippen LogP contribution in [0.2, 0.25) is 0 Å². The molecule has 0 saturated carbocycles. The van der Waals surface area contributed by atoms with Crippen LogP contribution in [0.4, 0.5) is 0 Å². The molecule has 0 unspecified atom stereocenters. The zero-order valence-corrected chi connectivity index (χ0v) is 17.9. The molecular formula is C19H26IN3OS. The first-order valence-electron chi connectivity index (χ1n) is 8.47. The van der Waals surface area contributed by atoms with Gasteiger partial charge in [-0.15, -0.1) is 35.3 Å². The Morgan fingerprint density at radius 3 is 2.52 bits per heavy atom. The third kappa shape index (κ3) is 5.88. The van der Waals surface area contributed by atoms with E-state index >= 15 is 0 Å². The Balaban J connectivity index is 0.00000225. The first-order chi connectivity index (χ1) is 11.7. The number of guanidine groups is 1. The van der Waals surface area contributed by atoms with Gasteiger partial charge in [-0.05, 0) is 31.2 Å². The van der Waals surface area contributed by atoms with Crippen LogP contribution in [0.1, 0.15) is 22.6 Å². The number of ether oxygens (including phenoxy) is 1. The Labute approximate surface area is 171 Å². The number of aryl methyl sites for hydroxylation is 1. The molecule has 25 heavy (non-hydrogen) atoms. The molecule has 1 aromatic carbocycles. The molecule has 0 atom stereocenters. The Morgan fingerprint density at radius 1 is 1.20 bits per heavy atom. The van der Waals surface area contributed by atoms with Crippen molar-refractivity contribution in [3.63, 3.8) is 0 Å². The van der Waals surface area contributed by atoms with Crippen LogP contribution in [0.15, 0.2) is 47.5 Å². The lowest BCUT2D eigenvalue weighted by Gasteiger charge is -2.34. The van der Waals surface area contributed by atoms with Crippen LogP contribution >= 0.6 is 35.3 Å². The number of rotatable bonds is 4. The van der Waals surface area contributed by atoms with Gasteiger partial charge in [-0.2, -0.15) is 0 Å². The molecule has 1 aliphatic rings. The SMILES string of the molecule is CN=C(NCc1ccc(C)s1)N1CCC(Oc2ccccc2)CC1.I.